The van der Waals surface area contributed by atoms with Crippen molar-refractivity contribution in [3.8, 4) is 6.07 Å². The van der Waals surface area contributed by atoms with Crippen molar-refractivity contribution < 1.29 is 4.39 Å². The van der Waals surface area contributed by atoms with Gasteiger partial charge in [-0.05, 0) is 37.0 Å². The van der Waals surface area contributed by atoms with Crippen molar-refractivity contribution in [2.75, 3.05) is 37.6 Å². The topological polar surface area (TPSA) is 30.3 Å². The fourth-order valence-electron chi connectivity index (χ4n) is 2.71. The maximum Gasteiger partial charge on any atom is 0.124 e. The Morgan fingerprint density at radius 1 is 1.21 bits per heavy atom. The standard InChI is InChI=1S/C15H18FN3/c16-14-3-4-15(13(9-14)10-17)19-7-5-18(6-8-19)11-12-1-2-12/h3-4,9,12H,1-2,5-8,11H2. The fourth-order valence-corrected chi connectivity index (χ4v) is 2.71. The number of nitriles is 1. The third-order valence-electron chi connectivity index (χ3n) is 4.01. The lowest BCUT2D eigenvalue weighted by Crippen LogP contribution is -2.47. The molecule has 0 atom stereocenters. The Balaban J connectivity index is 1.65. The quantitative estimate of drug-likeness (QED) is 0.834. The summed E-state index contributed by atoms with van der Waals surface area (Å²) >= 11 is 0. The van der Waals surface area contributed by atoms with E-state index < -0.39 is 0 Å². The molecule has 1 heterocycles. The molecule has 4 heteroatoms. The lowest BCUT2D eigenvalue weighted by molar-refractivity contribution is 0.248. The van der Waals surface area contributed by atoms with E-state index in [1.807, 2.05) is 0 Å². The molecule has 1 aromatic rings. The summed E-state index contributed by atoms with van der Waals surface area (Å²) in [4.78, 5) is 4.70. The van der Waals surface area contributed by atoms with Crippen LogP contribution in [0, 0.1) is 23.1 Å². The Morgan fingerprint density at radius 3 is 2.58 bits per heavy atom. The molecule has 3 rings (SSSR count). The van der Waals surface area contributed by atoms with Gasteiger partial charge in [0.25, 0.3) is 0 Å². The molecule has 0 aromatic heterocycles. The summed E-state index contributed by atoms with van der Waals surface area (Å²) in [6.45, 7) is 5.15. The molecule has 0 unspecified atom stereocenters. The zero-order valence-electron chi connectivity index (χ0n) is 11.0. The highest BCUT2D eigenvalue weighted by molar-refractivity contribution is 5.59. The van der Waals surface area contributed by atoms with Gasteiger partial charge in [0, 0.05) is 32.7 Å². The van der Waals surface area contributed by atoms with E-state index in [9.17, 15) is 4.39 Å². The second-order valence-corrected chi connectivity index (χ2v) is 5.50. The van der Waals surface area contributed by atoms with E-state index in [0.29, 0.717) is 5.56 Å². The van der Waals surface area contributed by atoms with Gasteiger partial charge in [0.1, 0.15) is 11.9 Å². The van der Waals surface area contributed by atoms with Crippen LogP contribution in [0.1, 0.15) is 18.4 Å². The van der Waals surface area contributed by atoms with Crippen molar-refractivity contribution in [3.63, 3.8) is 0 Å². The van der Waals surface area contributed by atoms with Crippen LogP contribution < -0.4 is 4.90 Å². The van der Waals surface area contributed by atoms with E-state index in [0.717, 1.165) is 37.8 Å². The average Bonchev–Trinajstić information content (AvgIpc) is 3.24. The number of anilines is 1. The molecule has 2 aliphatic rings. The Morgan fingerprint density at radius 2 is 1.95 bits per heavy atom. The van der Waals surface area contributed by atoms with Gasteiger partial charge in [0.2, 0.25) is 0 Å². The highest BCUT2D eigenvalue weighted by atomic mass is 19.1. The zero-order valence-corrected chi connectivity index (χ0v) is 11.0. The monoisotopic (exact) mass is 259 g/mol. The predicted molar refractivity (Wildman–Crippen MR) is 72.5 cm³/mol. The van der Waals surface area contributed by atoms with Crippen LogP contribution in [-0.4, -0.2) is 37.6 Å². The molecule has 0 bridgehead atoms. The first-order valence-corrected chi connectivity index (χ1v) is 6.93. The van der Waals surface area contributed by atoms with Crippen LogP contribution in [-0.2, 0) is 0 Å². The minimum Gasteiger partial charge on any atom is -0.368 e. The van der Waals surface area contributed by atoms with E-state index >= 15 is 0 Å². The number of benzene rings is 1. The molecule has 1 aliphatic carbocycles. The molecule has 1 aliphatic heterocycles. The summed E-state index contributed by atoms with van der Waals surface area (Å²) in [6, 6.07) is 6.58. The molecule has 100 valence electrons. The maximum atomic E-state index is 13.1. The predicted octanol–water partition coefficient (Wildman–Crippen LogP) is 2.23. The van der Waals surface area contributed by atoms with Crippen LogP contribution in [0.3, 0.4) is 0 Å². The van der Waals surface area contributed by atoms with Crippen molar-refractivity contribution in [2.45, 2.75) is 12.8 Å². The lowest BCUT2D eigenvalue weighted by Gasteiger charge is -2.36. The van der Waals surface area contributed by atoms with Crippen molar-refractivity contribution in [2.24, 2.45) is 5.92 Å². The zero-order chi connectivity index (χ0) is 13.2. The summed E-state index contributed by atoms with van der Waals surface area (Å²) < 4.78 is 13.1. The van der Waals surface area contributed by atoms with Gasteiger partial charge in [0.15, 0.2) is 0 Å². The Labute approximate surface area is 113 Å². The van der Waals surface area contributed by atoms with Crippen molar-refractivity contribution in [1.29, 1.82) is 5.26 Å². The SMILES string of the molecule is N#Cc1cc(F)ccc1N1CCN(CC2CC2)CC1. The number of halogens is 1. The van der Waals surface area contributed by atoms with Gasteiger partial charge < -0.3 is 4.90 Å². The lowest BCUT2D eigenvalue weighted by atomic mass is 10.1. The number of piperazine rings is 1. The number of hydrogen-bond donors (Lipinski definition) is 0. The summed E-state index contributed by atoms with van der Waals surface area (Å²) in [5, 5.41) is 9.10. The van der Waals surface area contributed by atoms with Gasteiger partial charge in [-0.2, -0.15) is 5.26 Å². The molecule has 2 fully saturated rings. The Bertz CT molecular complexity index is 497. The van der Waals surface area contributed by atoms with E-state index in [2.05, 4.69) is 15.9 Å². The number of rotatable bonds is 3. The molecule has 0 radical (unpaired) electrons. The minimum atomic E-state index is -0.340. The van der Waals surface area contributed by atoms with Gasteiger partial charge in [-0.15, -0.1) is 0 Å². The highest BCUT2D eigenvalue weighted by Gasteiger charge is 2.26. The average molecular weight is 259 g/mol. The van der Waals surface area contributed by atoms with Crippen LogP contribution in [0.25, 0.3) is 0 Å². The Hall–Kier alpha value is -1.60. The van der Waals surface area contributed by atoms with Crippen molar-refractivity contribution in [3.05, 3.63) is 29.6 Å². The number of hydrogen-bond acceptors (Lipinski definition) is 3. The third-order valence-corrected chi connectivity index (χ3v) is 4.01. The van der Waals surface area contributed by atoms with Gasteiger partial charge in [-0.3, -0.25) is 4.90 Å². The van der Waals surface area contributed by atoms with Crippen LogP contribution in [0.5, 0.6) is 0 Å². The van der Waals surface area contributed by atoms with Crippen molar-refractivity contribution in [1.82, 2.24) is 4.90 Å². The van der Waals surface area contributed by atoms with E-state index in [-0.39, 0.29) is 5.82 Å². The fraction of sp³-hybridized carbons (Fsp3) is 0.533. The van der Waals surface area contributed by atoms with Crippen LogP contribution in [0.4, 0.5) is 10.1 Å². The van der Waals surface area contributed by atoms with Crippen molar-refractivity contribution >= 4 is 5.69 Å². The summed E-state index contributed by atoms with van der Waals surface area (Å²) in [5.74, 6) is 0.583. The Kier molecular flexibility index (Phi) is 3.39. The minimum absolute atomic E-state index is 0.340. The molecule has 1 saturated carbocycles. The van der Waals surface area contributed by atoms with Gasteiger partial charge >= 0.3 is 0 Å². The molecule has 19 heavy (non-hydrogen) atoms. The molecular weight excluding hydrogens is 241 g/mol. The normalized spacial score (nSPS) is 20.3. The molecular formula is C15H18FN3. The summed E-state index contributed by atoms with van der Waals surface area (Å²) in [7, 11) is 0. The molecule has 0 spiro atoms. The van der Waals surface area contributed by atoms with Crippen LogP contribution in [0.2, 0.25) is 0 Å². The molecule has 0 amide bonds. The highest BCUT2D eigenvalue weighted by Crippen LogP contribution is 2.30. The molecule has 0 N–H and O–H groups in total. The van der Waals surface area contributed by atoms with Crippen LogP contribution in [0.15, 0.2) is 18.2 Å². The van der Waals surface area contributed by atoms with E-state index in [1.54, 1.807) is 6.07 Å². The van der Waals surface area contributed by atoms with Gasteiger partial charge in [0.05, 0.1) is 11.3 Å². The smallest absolute Gasteiger partial charge is 0.124 e. The van der Waals surface area contributed by atoms with E-state index in [1.165, 1.54) is 31.5 Å². The largest absolute Gasteiger partial charge is 0.368 e. The van der Waals surface area contributed by atoms with Crippen LogP contribution >= 0.6 is 0 Å². The first-order valence-electron chi connectivity index (χ1n) is 6.93. The molecule has 1 aromatic carbocycles. The first kappa shape index (κ1) is 12.4. The summed E-state index contributed by atoms with van der Waals surface area (Å²) in [5.41, 5.74) is 1.31. The maximum absolute atomic E-state index is 13.1. The molecule has 3 nitrogen and oxygen atoms in total. The van der Waals surface area contributed by atoms with Gasteiger partial charge in [-0.25, -0.2) is 4.39 Å². The number of nitrogens with zero attached hydrogens (tertiary/aromatic N) is 3. The van der Waals surface area contributed by atoms with E-state index in [4.69, 9.17) is 5.26 Å². The summed E-state index contributed by atoms with van der Waals surface area (Å²) in [6.07, 6.45) is 2.77. The second kappa shape index (κ2) is 5.18. The molecule has 1 saturated heterocycles. The third kappa shape index (κ3) is 2.87. The second-order valence-electron chi connectivity index (χ2n) is 5.50. The first-order chi connectivity index (χ1) is 9.26. The van der Waals surface area contributed by atoms with Gasteiger partial charge in [-0.1, -0.05) is 0 Å².